The molecule has 0 radical (unpaired) electrons. The summed E-state index contributed by atoms with van der Waals surface area (Å²) in [5.41, 5.74) is -0.768. The summed E-state index contributed by atoms with van der Waals surface area (Å²) in [7, 11) is 0. The minimum absolute atomic E-state index is 0.600. The van der Waals surface area contributed by atoms with Gasteiger partial charge in [0.1, 0.15) is 5.54 Å². The van der Waals surface area contributed by atoms with Gasteiger partial charge in [-0.1, -0.05) is 6.92 Å². The average molecular weight is 191 g/mol. The van der Waals surface area contributed by atoms with Gasteiger partial charge in [-0.2, -0.15) is 11.8 Å². The van der Waals surface area contributed by atoms with E-state index in [1.165, 1.54) is 0 Å². The first-order valence-corrected chi connectivity index (χ1v) is 5.43. The fourth-order valence-electron chi connectivity index (χ4n) is 0.878. The fraction of sp³-hybridized carbons (Fsp3) is 0.875. The Morgan fingerprint density at radius 1 is 1.67 bits per heavy atom. The summed E-state index contributed by atoms with van der Waals surface area (Å²) < 4.78 is 0. The summed E-state index contributed by atoms with van der Waals surface area (Å²) in [5, 5.41) is 11.9. The van der Waals surface area contributed by atoms with E-state index < -0.39 is 11.5 Å². The molecule has 0 aliphatic rings. The van der Waals surface area contributed by atoms with Crippen molar-refractivity contribution in [2.24, 2.45) is 0 Å². The molecule has 0 saturated carbocycles. The Kier molecular flexibility index (Phi) is 5.33. The maximum absolute atomic E-state index is 10.8. The normalized spacial score (nSPS) is 15.6. The maximum atomic E-state index is 10.8. The highest BCUT2D eigenvalue weighted by Gasteiger charge is 2.31. The van der Waals surface area contributed by atoms with Gasteiger partial charge in [0, 0.05) is 5.75 Å². The van der Waals surface area contributed by atoms with Crippen molar-refractivity contribution in [3.63, 3.8) is 0 Å². The lowest BCUT2D eigenvalue weighted by atomic mass is 10.1. The molecule has 0 aromatic heterocycles. The molecule has 0 aliphatic heterocycles. The zero-order valence-electron chi connectivity index (χ0n) is 7.89. The first-order valence-electron chi connectivity index (χ1n) is 4.04. The summed E-state index contributed by atoms with van der Waals surface area (Å²) in [6.45, 7) is 4.50. The molecule has 4 heteroatoms. The molecule has 0 amide bonds. The monoisotopic (exact) mass is 191 g/mol. The Labute approximate surface area is 77.9 Å². The van der Waals surface area contributed by atoms with Crippen molar-refractivity contribution in [3.8, 4) is 0 Å². The largest absolute Gasteiger partial charge is 0.480 e. The van der Waals surface area contributed by atoms with E-state index in [1.54, 1.807) is 18.7 Å². The second-order valence-electron chi connectivity index (χ2n) is 3.00. The lowest BCUT2D eigenvalue weighted by Crippen LogP contribution is -2.51. The molecule has 3 nitrogen and oxygen atoms in total. The van der Waals surface area contributed by atoms with Gasteiger partial charge in [-0.05, 0) is 26.1 Å². The molecular weight excluding hydrogens is 174 g/mol. The summed E-state index contributed by atoms with van der Waals surface area (Å²) in [6, 6.07) is 0. The lowest BCUT2D eigenvalue weighted by Gasteiger charge is -2.25. The van der Waals surface area contributed by atoms with Crippen molar-refractivity contribution < 1.29 is 9.90 Å². The van der Waals surface area contributed by atoms with Gasteiger partial charge >= 0.3 is 5.97 Å². The molecule has 0 aliphatic carbocycles. The van der Waals surface area contributed by atoms with Gasteiger partial charge in [-0.25, -0.2) is 0 Å². The third-order valence-corrected chi connectivity index (χ3v) is 2.54. The number of hydrogen-bond donors (Lipinski definition) is 2. The second kappa shape index (κ2) is 5.43. The first kappa shape index (κ1) is 11.8. The van der Waals surface area contributed by atoms with Gasteiger partial charge in [0.2, 0.25) is 0 Å². The van der Waals surface area contributed by atoms with Crippen molar-refractivity contribution in [2.75, 3.05) is 18.6 Å². The van der Waals surface area contributed by atoms with Crippen LogP contribution in [0.1, 0.15) is 20.3 Å². The Balaban J connectivity index is 4.08. The van der Waals surface area contributed by atoms with Crippen LogP contribution in [0.15, 0.2) is 0 Å². The first-order chi connectivity index (χ1) is 5.56. The highest BCUT2D eigenvalue weighted by atomic mass is 32.2. The van der Waals surface area contributed by atoms with Crippen molar-refractivity contribution in [1.82, 2.24) is 5.32 Å². The molecule has 0 aromatic rings. The molecule has 12 heavy (non-hydrogen) atoms. The number of carboxylic acid groups (broad SMARTS) is 1. The van der Waals surface area contributed by atoms with Crippen LogP contribution in [0.4, 0.5) is 0 Å². The van der Waals surface area contributed by atoms with Crippen molar-refractivity contribution in [3.05, 3.63) is 0 Å². The van der Waals surface area contributed by atoms with Crippen LogP contribution in [0.5, 0.6) is 0 Å². The van der Waals surface area contributed by atoms with Crippen LogP contribution in [-0.2, 0) is 4.79 Å². The quantitative estimate of drug-likeness (QED) is 0.662. The van der Waals surface area contributed by atoms with Crippen LogP contribution in [0.2, 0.25) is 0 Å². The van der Waals surface area contributed by atoms with E-state index in [4.69, 9.17) is 5.11 Å². The zero-order chi connectivity index (χ0) is 9.61. The molecule has 0 heterocycles. The van der Waals surface area contributed by atoms with E-state index in [9.17, 15) is 4.79 Å². The number of aliphatic carboxylic acids is 1. The third kappa shape index (κ3) is 3.45. The summed E-state index contributed by atoms with van der Waals surface area (Å²) in [5.74, 6) is -0.173. The molecule has 1 atom stereocenters. The lowest BCUT2D eigenvalue weighted by molar-refractivity contribution is -0.143. The number of rotatable bonds is 6. The van der Waals surface area contributed by atoms with Gasteiger partial charge in [0.15, 0.2) is 0 Å². The number of carboxylic acids is 1. The molecule has 0 bridgehead atoms. The SMILES string of the molecule is CCCNC(C)(CSC)C(=O)O. The minimum atomic E-state index is -0.773. The Morgan fingerprint density at radius 3 is 2.58 bits per heavy atom. The summed E-state index contributed by atoms with van der Waals surface area (Å²) in [4.78, 5) is 10.8. The molecule has 0 saturated heterocycles. The van der Waals surface area contributed by atoms with Crippen molar-refractivity contribution in [2.45, 2.75) is 25.8 Å². The third-order valence-electron chi connectivity index (χ3n) is 1.67. The molecule has 1 unspecified atom stereocenters. The highest BCUT2D eigenvalue weighted by molar-refractivity contribution is 7.98. The van der Waals surface area contributed by atoms with E-state index in [-0.39, 0.29) is 0 Å². The van der Waals surface area contributed by atoms with E-state index in [0.29, 0.717) is 5.75 Å². The zero-order valence-corrected chi connectivity index (χ0v) is 8.70. The number of hydrogen-bond acceptors (Lipinski definition) is 3. The smallest absolute Gasteiger partial charge is 0.324 e. The van der Waals surface area contributed by atoms with E-state index in [1.807, 2.05) is 13.2 Å². The predicted molar refractivity (Wildman–Crippen MR) is 52.7 cm³/mol. The van der Waals surface area contributed by atoms with Crippen LogP contribution in [0.25, 0.3) is 0 Å². The van der Waals surface area contributed by atoms with Gasteiger partial charge < -0.3 is 10.4 Å². The van der Waals surface area contributed by atoms with Crippen LogP contribution in [0.3, 0.4) is 0 Å². The second-order valence-corrected chi connectivity index (χ2v) is 3.86. The van der Waals surface area contributed by atoms with Gasteiger partial charge in [-0.3, -0.25) is 4.79 Å². The molecule has 0 rings (SSSR count). The van der Waals surface area contributed by atoms with Gasteiger partial charge in [-0.15, -0.1) is 0 Å². The van der Waals surface area contributed by atoms with Crippen LogP contribution in [-0.4, -0.2) is 35.2 Å². The fourth-order valence-corrected chi connectivity index (χ4v) is 1.68. The molecular formula is C8H17NO2S. The van der Waals surface area contributed by atoms with Crippen molar-refractivity contribution in [1.29, 1.82) is 0 Å². The average Bonchev–Trinajstić information content (AvgIpc) is 2.01. The standard InChI is InChI=1S/C8H17NO2S/c1-4-5-9-8(2,6-12-3)7(10)11/h9H,4-6H2,1-3H3,(H,10,11). The molecule has 0 aromatic carbocycles. The van der Waals surface area contributed by atoms with E-state index >= 15 is 0 Å². The number of carbonyl (C=O) groups is 1. The van der Waals surface area contributed by atoms with Crippen LogP contribution in [0, 0.1) is 0 Å². The number of thioether (sulfide) groups is 1. The summed E-state index contributed by atoms with van der Waals surface area (Å²) in [6.07, 6.45) is 2.87. The van der Waals surface area contributed by atoms with Gasteiger partial charge in [0.05, 0.1) is 0 Å². The van der Waals surface area contributed by atoms with E-state index in [0.717, 1.165) is 13.0 Å². The molecule has 72 valence electrons. The van der Waals surface area contributed by atoms with Crippen molar-refractivity contribution >= 4 is 17.7 Å². The summed E-state index contributed by atoms with van der Waals surface area (Å²) >= 11 is 1.54. The van der Waals surface area contributed by atoms with E-state index in [2.05, 4.69) is 5.32 Å². The molecule has 2 N–H and O–H groups in total. The van der Waals surface area contributed by atoms with Crippen LogP contribution >= 0.6 is 11.8 Å². The molecule has 0 spiro atoms. The maximum Gasteiger partial charge on any atom is 0.324 e. The number of nitrogens with one attached hydrogen (secondary N) is 1. The highest BCUT2D eigenvalue weighted by Crippen LogP contribution is 2.10. The van der Waals surface area contributed by atoms with Crippen LogP contribution < -0.4 is 5.32 Å². The molecule has 0 fully saturated rings. The Morgan fingerprint density at radius 2 is 2.25 bits per heavy atom. The van der Waals surface area contributed by atoms with Gasteiger partial charge in [0.25, 0.3) is 0 Å². The Bertz CT molecular complexity index is 152. The Hall–Kier alpha value is -0.220. The minimum Gasteiger partial charge on any atom is -0.480 e. The topological polar surface area (TPSA) is 49.3 Å². The predicted octanol–water partition coefficient (Wildman–Crippen LogP) is 1.19.